The van der Waals surface area contributed by atoms with E-state index in [2.05, 4.69) is 9.88 Å². The highest BCUT2D eigenvalue weighted by Crippen LogP contribution is 2.23. The second-order valence-corrected chi connectivity index (χ2v) is 6.77. The third-order valence-corrected chi connectivity index (χ3v) is 4.73. The monoisotopic (exact) mass is 349 g/mol. The summed E-state index contributed by atoms with van der Waals surface area (Å²) in [6, 6.07) is 3.70. The minimum absolute atomic E-state index is 0.00265. The molecule has 0 saturated carbocycles. The molecule has 138 valence electrons. The highest BCUT2D eigenvalue weighted by atomic mass is 16.5. The molecule has 0 radical (unpaired) electrons. The maximum absolute atomic E-state index is 12.8. The van der Waals surface area contributed by atoms with Crippen LogP contribution in [0.2, 0.25) is 0 Å². The molecule has 0 aliphatic carbocycles. The van der Waals surface area contributed by atoms with Crippen LogP contribution >= 0.6 is 0 Å². The second kappa shape index (κ2) is 8.23. The minimum atomic E-state index is -0.476. The zero-order valence-corrected chi connectivity index (χ0v) is 15.1. The van der Waals surface area contributed by atoms with Crippen molar-refractivity contribution in [1.29, 1.82) is 0 Å². The van der Waals surface area contributed by atoms with Crippen molar-refractivity contribution in [3.63, 3.8) is 0 Å². The van der Waals surface area contributed by atoms with E-state index >= 15 is 0 Å². The fraction of sp³-hybridized carbons (Fsp3) is 0.667. The lowest BCUT2D eigenvalue weighted by Crippen LogP contribution is -2.60. The summed E-state index contributed by atoms with van der Waals surface area (Å²) < 4.78 is 17.1. The lowest BCUT2D eigenvalue weighted by Gasteiger charge is -2.43. The first-order valence-corrected chi connectivity index (χ1v) is 8.77. The molecule has 0 N–H and O–H groups in total. The van der Waals surface area contributed by atoms with E-state index in [1.165, 1.54) is 0 Å². The highest BCUT2D eigenvalue weighted by Gasteiger charge is 2.41. The first kappa shape index (κ1) is 18.3. The Kier molecular flexibility index (Phi) is 6.01. The molecule has 3 rings (SSSR count). The number of carbonyl (C=O) groups is 1. The van der Waals surface area contributed by atoms with Gasteiger partial charge in [-0.25, -0.2) is 0 Å². The second-order valence-electron chi connectivity index (χ2n) is 6.77. The van der Waals surface area contributed by atoms with Crippen LogP contribution in [-0.4, -0.2) is 92.6 Å². The van der Waals surface area contributed by atoms with Crippen molar-refractivity contribution in [2.75, 3.05) is 66.3 Å². The van der Waals surface area contributed by atoms with Gasteiger partial charge in [0.15, 0.2) is 0 Å². The Hall–Kier alpha value is -1.54. The Balaban J connectivity index is 1.70. The van der Waals surface area contributed by atoms with E-state index in [1.54, 1.807) is 13.3 Å². The predicted molar refractivity (Wildman–Crippen MR) is 92.7 cm³/mol. The molecule has 1 atom stereocenters. The average Bonchev–Trinajstić information content (AvgIpc) is 2.82. The zero-order chi connectivity index (χ0) is 17.7. The quantitative estimate of drug-likeness (QED) is 0.792. The van der Waals surface area contributed by atoms with E-state index in [-0.39, 0.29) is 5.91 Å². The number of aryl methyl sites for hydroxylation is 1. The van der Waals surface area contributed by atoms with Crippen LogP contribution in [0.1, 0.15) is 16.1 Å². The standard InChI is InChI=1S/C18H27N3O4/c1-15-3-4-16(11-19-15)17(22)21-7-10-25-18(13-21)12-20(5-8-23-2)6-9-24-14-18/h3-4,11H,5-10,12-14H2,1-2H3. The lowest BCUT2D eigenvalue weighted by molar-refractivity contribution is -0.133. The Bertz CT molecular complexity index is 580. The number of nitrogens with zero attached hydrogens (tertiary/aromatic N) is 3. The van der Waals surface area contributed by atoms with Crippen molar-refractivity contribution >= 4 is 5.91 Å². The summed E-state index contributed by atoms with van der Waals surface area (Å²) in [5.74, 6) is 0.00265. The van der Waals surface area contributed by atoms with Crippen LogP contribution < -0.4 is 0 Å². The van der Waals surface area contributed by atoms with Gasteiger partial charge in [-0.05, 0) is 19.1 Å². The SMILES string of the molecule is COCCN1CCOCC2(C1)CN(C(=O)c1ccc(C)nc1)CCO2. The number of amides is 1. The molecule has 1 aromatic heterocycles. The van der Waals surface area contributed by atoms with Gasteiger partial charge in [0.1, 0.15) is 5.60 Å². The Morgan fingerprint density at radius 3 is 2.96 bits per heavy atom. The maximum Gasteiger partial charge on any atom is 0.255 e. The third kappa shape index (κ3) is 4.55. The van der Waals surface area contributed by atoms with E-state index in [0.29, 0.717) is 45.1 Å². The Morgan fingerprint density at radius 2 is 2.20 bits per heavy atom. The number of hydrogen-bond acceptors (Lipinski definition) is 6. The molecule has 1 unspecified atom stereocenters. The molecule has 25 heavy (non-hydrogen) atoms. The van der Waals surface area contributed by atoms with Crippen molar-refractivity contribution < 1.29 is 19.0 Å². The van der Waals surface area contributed by atoms with Crippen molar-refractivity contribution in [2.24, 2.45) is 0 Å². The van der Waals surface area contributed by atoms with Crippen LogP contribution in [0.3, 0.4) is 0 Å². The number of aromatic nitrogens is 1. The fourth-order valence-corrected chi connectivity index (χ4v) is 3.37. The maximum atomic E-state index is 12.8. The first-order chi connectivity index (χ1) is 12.1. The van der Waals surface area contributed by atoms with E-state index in [0.717, 1.165) is 25.3 Å². The zero-order valence-electron chi connectivity index (χ0n) is 15.1. The molecule has 0 aromatic carbocycles. The van der Waals surface area contributed by atoms with Gasteiger partial charge in [-0.2, -0.15) is 0 Å². The molecule has 2 aliphatic heterocycles. The molecule has 1 amide bonds. The van der Waals surface area contributed by atoms with E-state index in [1.807, 2.05) is 24.0 Å². The van der Waals surface area contributed by atoms with Crippen LogP contribution in [0.15, 0.2) is 18.3 Å². The predicted octanol–water partition coefficient (Wildman–Crippen LogP) is 0.580. The number of rotatable bonds is 4. The largest absolute Gasteiger partial charge is 0.383 e. The normalized spacial score (nSPS) is 25.1. The summed E-state index contributed by atoms with van der Waals surface area (Å²) in [4.78, 5) is 21.2. The van der Waals surface area contributed by atoms with Crippen molar-refractivity contribution in [3.05, 3.63) is 29.6 Å². The number of methoxy groups -OCH3 is 1. The van der Waals surface area contributed by atoms with Gasteiger partial charge in [-0.3, -0.25) is 14.7 Å². The van der Waals surface area contributed by atoms with Gasteiger partial charge in [0, 0.05) is 45.2 Å². The topological polar surface area (TPSA) is 64.1 Å². The molecule has 1 aromatic rings. The molecule has 2 fully saturated rings. The molecular formula is C18H27N3O4. The molecule has 7 nitrogen and oxygen atoms in total. The van der Waals surface area contributed by atoms with Gasteiger partial charge < -0.3 is 19.1 Å². The van der Waals surface area contributed by atoms with Crippen LogP contribution in [0.25, 0.3) is 0 Å². The lowest BCUT2D eigenvalue weighted by atomic mass is 10.0. The molecule has 0 bridgehead atoms. The van der Waals surface area contributed by atoms with Crippen molar-refractivity contribution in [1.82, 2.24) is 14.8 Å². The molecule has 2 aliphatic rings. The van der Waals surface area contributed by atoms with Gasteiger partial charge in [0.25, 0.3) is 5.91 Å². The molecule has 3 heterocycles. The minimum Gasteiger partial charge on any atom is -0.383 e. The smallest absolute Gasteiger partial charge is 0.255 e. The van der Waals surface area contributed by atoms with Gasteiger partial charge in [0.2, 0.25) is 0 Å². The van der Waals surface area contributed by atoms with E-state index in [9.17, 15) is 4.79 Å². The Labute approximate surface area is 148 Å². The molecule has 2 saturated heterocycles. The number of carbonyl (C=O) groups excluding carboxylic acids is 1. The van der Waals surface area contributed by atoms with E-state index in [4.69, 9.17) is 14.2 Å². The van der Waals surface area contributed by atoms with E-state index < -0.39 is 5.60 Å². The first-order valence-electron chi connectivity index (χ1n) is 8.77. The van der Waals surface area contributed by atoms with Gasteiger partial charge in [-0.1, -0.05) is 0 Å². The number of hydrogen-bond donors (Lipinski definition) is 0. The molecular weight excluding hydrogens is 322 g/mol. The fourth-order valence-electron chi connectivity index (χ4n) is 3.37. The number of morpholine rings is 1. The number of pyridine rings is 1. The average molecular weight is 349 g/mol. The molecule has 1 spiro atoms. The van der Waals surface area contributed by atoms with Crippen LogP contribution in [0.5, 0.6) is 0 Å². The van der Waals surface area contributed by atoms with Gasteiger partial charge in [-0.15, -0.1) is 0 Å². The van der Waals surface area contributed by atoms with Gasteiger partial charge in [0.05, 0.1) is 38.5 Å². The van der Waals surface area contributed by atoms with Crippen molar-refractivity contribution in [3.8, 4) is 0 Å². The summed E-state index contributed by atoms with van der Waals surface area (Å²) in [7, 11) is 1.71. The van der Waals surface area contributed by atoms with Crippen LogP contribution in [0.4, 0.5) is 0 Å². The summed E-state index contributed by atoms with van der Waals surface area (Å²) >= 11 is 0. The summed E-state index contributed by atoms with van der Waals surface area (Å²) in [5, 5.41) is 0. The number of ether oxygens (including phenoxy) is 3. The summed E-state index contributed by atoms with van der Waals surface area (Å²) in [6.45, 7) is 7.83. The Morgan fingerprint density at radius 1 is 1.32 bits per heavy atom. The highest BCUT2D eigenvalue weighted by molar-refractivity contribution is 5.94. The summed E-state index contributed by atoms with van der Waals surface area (Å²) in [5.41, 5.74) is 1.05. The summed E-state index contributed by atoms with van der Waals surface area (Å²) in [6.07, 6.45) is 1.65. The van der Waals surface area contributed by atoms with Crippen LogP contribution in [-0.2, 0) is 14.2 Å². The van der Waals surface area contributed by atoms with Crippen molar-refractivity contribution in [2.45, 2.75) is 12.5 Å². The molecule has 7 heteroatoms. The van der Waals surface area contributed by atoms with Gasteiger partial charge >= 0.3 is 0 Å². The third-order valence-electron chi connectivity index (χ3n) is 4.73. The van der Waals surface area contributed by atoms with Crippen LogP contribution in [0, 0.1) is 6.92 Å².